The molecule has 2 aromatic heterocycles. The Morgan fingerprint density at radius 3 is 1.36 bits per heavy atom. The summed E-state index contributed by atoms with van der Waals surface area (Å²) in [7, 11) is 0. The van der Waals surface area contributed by atoms with Gasteiger partial charge < -0.3 is 4.57 Å². The summed E-state index contributed by atoms with van der Waals surface area (Å²) in [5.74, 6) is 1.88. The van der Waals surface area contributed by atoms with E-state index in [-0.39, 0.29) is 0 Å². The summed E-state index contributed by atoms with van der Waals surface area (Å²) < 4.78 is 2.38. The van der Waals surface area contributed by atoms with Gasteiger partial charge in [0.25, 0.3) is 0 Å². The quantitative estimate of drug-likeness (QED) is 0.176. The highest BCUT2D eigenvalue weighted by Gasteiger charge is 2.19. The molecule has 10 aromatic rings. The third-order valence-corrected chi connectivity index (χ3v) is 10.1. The Bertz CT molecular complexity index is 2880. The molecule has 0 saturated heterocycles. The molecule has 0 atom stereocenters. The Morgan fingerprint density at radius 1 is 0.283 bits per heavy atom. The molecule has 0 aliphatic rings. The monoisotopic (exact) mass is 676 g/mol. The number of fused-ring (bicyclic) bond motifs is 4. The molecule has 4 nitrogen and oxygen atoms in total. The number of para-hydroxylation sites is 2. The van der Waals surface area contributed by atoms with Gasteiger partial charge in [0.05, 0.1) is 16.7 Å². The molecule has 0 aliphatic heterocycles. The molecule has 0 bridgehead atoms. The number of hydrogen-bond donors (Lipinski definition) is 0. The van der Waals surface area contributed by atoms with E-state index >= 15 is 0 Å². The molecule has 53 heavy (non-hydrogen) atoms. The van der Waals surface area contributed by atoms with Crippen molar-refractivity contribution in [1.29, 1.82) is 0 Å². The van der Waals surface area contributed by atoms with E-state index < -0.39 is 0 Å². The van der Waals surface area contributed by atoms with E-state index in [1.165, 1.54) is 21.9 Å². The maximum Gasteiger partial charge on any atom is 0.164 e. The topological polar surface area (TPSA) is 43.6 Å². The van der Waals surface area contributed by atoms with Crippen LogP contribution in [0.25, 0.3) is 94.7 Å². The van der Waals surface area contributed by atoms with Gasteiger partial charge in [0.2, 0.25) is 0 Å². The molecule has 0 N–H and O–H groups in total. The first kappa shape index (κ1) is 30.6. The summed E-state index contributed by atoms with van der Waals surface area (Å²) in [4.78, 5) is 15.6. The van der Waals surface area contributed by atoms with Gasteiger partial charge in [-0.15, -0.1) is 0 Å². The number of hydrogen-bond acceptors (Lipinski definition) is 3. The van der Waals surface area contributed by atoms with E-state index in [4.69, 9.17) is 15.0 Å². The van der Waals surface area contributed by atoms with Crippen LogP contribution in [0.1, 0.15) is 0 Å². The fourth-order valence-electron chi connectivity index (χ4n) is 7.62. The van der Waals surface area contributed by atoms with Gasteiger partial charge in [0.1, 0.15) is 0 Å². The zero-order chi connectivity index (χ0) is 35.1. The van der Waals surface area contributed by atoms with Crippen LogP contribution in [0.4, 0.5) is 0 Å². The van der Waals surface area contributed by atoms with Crippen molar-refractivity contribution >= 4 is 32.6 Å². The zero-order valence-corrected chi connectivity index (χ0v) is 28.8. The Labute approximate surface area is 307 Å². The van der Waals surface area contributed by atoms with Crippen LogP contribution in [0.2, 0.25) is 0 Å². The van der Waals surface area contributed by atoms with E-state index in [9.17, 15) is 0 Å². The van der Waals surface area contributed by atoms with Gasteiger partial charge in [-0.2, -0.15) is 0 Å². The molecule has 0 aliphatic carbocycles. The van der Waals surface area contributed by atoms with Crippen molar-refractivity contribution in [2.45, 2.75) is 0 Å². The van der Waals surface area contributed by atoms with E-state index in [0.29, 0.717) is 17.5 Å². The van der Waals surface area contributed by atoms with Crippen molar-refractivity contribution in [3.05, 3.63) is 194 Å². The number of nitrogens with zero attached hydrogens (tertiary/aromatic N) is 4. The Balaban J connectivity index is 1.23. The van der Waals surface area contributed by atoms with E-state index in [1.807, 2.05) is 18.2 Å². The highest BCUT2D eigenvalue weighted by Crippen LogP contribution is 2.39. The first-order chi connectivity index (χ1) is 26.3. The number of aromatic nitrogens is 4. The van der Waals surface area contributed by atoms with Gasteiger partial charge in [-0.1, -0.05) is 176 Å². The maximum absolute atomic E-state index is 5.27. The summed E-state index contributed by atoms with van der Waals surface area (Å²) in [6, 6.07) is 68.0. The van der Waals surface area contributed by atoms with Gasteiger partial charge in [-0.25, -0.2) is 15.0 Å². The molecule has 4 heteroatoms. The van der Waals surface area contributed by atoms with Crippen LogP contribution in [0, 0.1) is 0 Å². The molecule has 0 amide bonds. The molecular formula is C49H32N4. The lowest BCUT2D eigenvalue weighted by Gasteiger charge is -2.16. The standard InChI is InChI=1S/C49H32N4/c1-4-16-33(17-5-1)37-24-14-26-40-39(37)25-15-27-43(40)49-51-47(35-20-8-3-9-21-35)50-48(52-49)36-30-31-38(34-18-6-2-7-19-34)46(32-36)53-44-28-12-10-22-41(44)42-23-11-13-29-45(42)53/h1-32H. The van der Waals surface area contributed by atoms with Crippen LogP contribution in [0.3, 0.4) is 0 Å². The van der Waals surface area contributed by atoms with Crippen molar-refractivity contribution in [2.24, 2.45) is 0 Å². The van der Waals surface area contributed by atoms with E-state index in [2.05, 4.69) is 180 Å². The Hall–Kier alpha value is -7.17. The molecular weight excluding hydrogens is 645 g/mol. The molecule has 248 valence electrons. The second kappa shape index (κ2) is 12.9. The molecule has 2 heterocycles. The van der Waals surface area contributed by atoms with Crippen molar-refractivity contribution < 1.29 is 0 Å². The summed E-state index contributed by atoms with van der Waals surface area (Å²) in [6.45, 7) is 0. The molecule has 8 aromatic carbocycles. The Kier molecular flexibility index (Phi) is 7.43. The third kappa shape index (κ3) is 5.36. The summed E-state index contributed by atoms with van der Waals surface area (Å²) in [5.41, 5.74) is 10.8. The number of rotatable bonds is 6. The minimum atomic E-state index is 0.617. The van der Waals surface area contributed by atoms with Gasteiger partial charge in [-0.3, -0.25) is 0 Å². The maximum atomic E-state index is 5.27. The molecule has 0 spiro atoms. The highest BCUT2D eigenvalue weighted by atomic mass is 15.0. The van der Waals surface area contributed by atoms with Gasteiger partial charge in [-0.05, 0) is 45.7 Å². The lowest BCUT2D eigenvalue weighted by Crippen LogP contribution is -2.02. The largest absolute Gasteiger partial charge is 0.309 e. The molecule has 10 rings (SSSR count). The lowest BCUT2D eigenvalue weighted by molar-refractivity contribution is 1.07. The molecule has 0 saturated carbocycles. The predicted octanol–water partition coefficient (Wildman–Crippen LogP) is 12.5. The van der Waals surface area contributed by atoms with Crippen molar-refractivity contribution in [1.82, 2.24) is 19.5 Å². The molecule has 0 radical (unpaired) electrons. The van der Waals surface area contributed by atoms with Crippen LogP contribution in [0.15, 0.2) is 194 Å². The highest BCUT2D eigenvalue weighted by molar-refractivity contribution is 6.10. The average molecular weight is 677 g/mol. The average Bonchev–Trinajstić information content (AvgIpc) is 3.58. The normalized spacial score (nSPS) is 11.4. The summed E-state index contributed by atoms with van der Waals surface area (Å²) in [5, 5.41) is 4.68. The first-order valence-corrected chi connectivity index (χ1v) is 17.9. The first-order valence-electron chi connectivity index (χ1n) is 17.9. The minimum Gasteiger partial charge on any atom is -0.309 e. The number of benzene rings is 8. The van der Waals surface area contributed by atoms with Crippen LogP contribution in [-0.4, -0.2) is 19.5 Å². The van der Waals surface area contributed by atoms with Gasteiger partial charge >= 0.3 is 0 Å². The molecule has 0 unspecified atom stereocenters. The fourth-order valence-corrected chi connectivity index (χ4v) is 7.62. The summed E-state index contributed by atoms with van der Waals surface area (Å²) in [6.07, 6.45) is 0. The van der Waals surface area contributed by atoms with Crippen molar-refractivity contribution in [3.63, 3.8) is 0 Å². The fraction of sp³-hybridized carbons (Fsp3) is 0. The SMILES string of the molecule is c1ccc(-c2nc(-c3ccc(-c4ccccc4)c(-n4c5ccccc5c5ccccc54)c3)nc(-c3cccc4c(-c5ccccc5)cccc34)n2)cc1. The van der Waals surface area contributed by atoms with Gasteiger partial charge in [0.15, 0.2) is 17.5 Å². The van der Waals surface area contributed by atoms with Gasteiger partial charge in [0, 0.05) is 33.0 Å². The third-order valence-electron chi connectivity index (χ3n) is 10.1. The van der Waals surface area contributed by atoms with Crippen molar-refractivity contribution in [3.8, 4) is 62.1 Å². The van der Waals surface area contributed by atoms with Crippen molar-refractivity contribution in [2.75, 3.05) is 0 Å². The predicted molar refractivity (Wildman–Crippen MR) is 219 cm³/mol. The van der Waals surface area contributed by atoms with E-state index in [0.717, 1.165) is 55.3 Å². The van der Waals surface area contributed by atoms with Crippen LogP contribution in [-0.2, 0) is 0 Å². The summed E-state index contributed by atoms with van der Waals surface area (Å²) >= 11 is 0. The zero-order valence-electron chi connectivity index (χ0n) is 28.8. The second-order valence-electron chi connectivity index (χ2n) is 13.2. The van der Waals surface area contributed by atoms with Crippen LogP contribution < -0.4 is 0 Å². The minimum absolute atomic E-state index is 0.617. The Morgan fingerprint density at radius 2 is 0.736 bits per heavy atom. The van der Waals surface area contributed by atoms with Crippen LogP contribution in [0.5, 0.6) is 0 Å². The van der Waals surface area contributed by atoms with E-state index in [1.54, 1.807) is 0 Å². The smallest absolute Gasteiger partial charge is 0.164 e. The molecule has 0 fully saturated rings. The lowest BCUT2D eigenvalue weighted by atomic mass is 9.95. The van der Waals surface area contributed by atoms with Crippen LogP contribution >= 0.6 is 0 Å². The second-order valence-corrected chi connectivity index (χ2v) is 13.2.